The minimum absolute atomic E-state index is 0.0331. The summed E-state index contributed by atoms with van der Waals surface area (Å²) in [5.74, 6) is 0.301. The van der Waals surface area contributed by atoms with Gasteiger partial charge in [0.25, 0.3) is 5.56 Å². The summed E-state index contributed by atoms with van der Waals surface area (Å²) < 4.78 is 1.82. The van der Waals surface area contributed by atoms with Crippen LogP contribution < -0.4 is 5.56 Å². The fraction of sp³-hybridized carbons (Fsp3) is 0.214. The number of aryl methyl sites for hydroxylation is 2. The molecule has 22 heavy (non-hydrogen) atoms. The molecule has 1 aromatic carbocycles. The monoisotopic (exact) mass is 332 g/mol. The van der Waals surface area contributed by atoms with E-state index in [0.717, 1.165) is 17.3 Å². The van der Waals surface area contributed by atoms with Gasteiger partial charge in [-0.2, -0.15) is 9.61 Å². The molecule has 3 aromatic rings. The summed E-state index contributed by atoms with van der Waals surface area (Å²) in [6.07, 6.45) is 1.11. The smallest absolute Gasteiger partial charge is 0.293 e. The van der Waals surface area contributed by atoms with E-state index < -0.39 is 0 Å². The number of carbonyl (C=O) groups is 1. The molecule has 0 aliphatic carbocycles. The first-order valence-corrected chi connectivity index (χ1v) is 8.29. The Bertz CT molecular complexity index is 917. The second-order valence-corrected chi connectivity index (χ2v) is 6.93. The van der Waals surface area contributed by atoms with E-state index >= 15 is 0 Å². The molecule has 0 bridgehead atoms. The number of hydrogen-bond donors (Lipinski definition) is 0. The van der Waals surface area contributed by atoms with E-state index in [1.165, 1.54) is 27.6 Å². The van der Waals surface area contributed by atoms with Crippen molar-refractivity contribution in [1.82, 2.24) is 19.8 Å². The molecule has 6 nitrogen and oxygen atoms in total. The van der Waals surface area contributed by atoms with Gasteiger partial charge in [-0.05, 0) is 31.0 Å². The van der Waals surface area contributed by atoms with Gasteiger partial charge in [0, 0.05) is 5.56 Å². The number of Topliss-reactive ketones (excluding diaryl/α,β-unsaturated/α-hetero) is 1. The lowest BCUT2D eigenvalue weighted by atomic mass is 10.0. The third-order valence-corrected chi connectivity index (χ3v) is 5.25. The van der Waals surface area contributed by atoms with E-state index in [1.54, 1.807) is 0 Å². The third kappa shape index (κ3) is 2.93. The van der Waals surface area contributed by atoms with Crippen LogP contribution in [0.3, 0.4) is 0 Å². The van der Waals surface area contributed by atoms with Crippen LogP contribution in [0.15, 0.2) is 33.5 Å². The minimum Gasteiger partial charge on any atom is -0.293 e. The summed E-state index contributed by atoms with van der Waals surface area (Å²) in [6, 6.07) is 5.67. The highest BCUT2D eigenvalue weighted by molar-refractivity contribution is 8.01. The molecule has 2 heterocycles. The molecule has 8 heteroatoms. The van der Waals surface area contributed by atoms with Gasteiger partial charge in [0.15, 0.2) is 10.1 Å². The number of ketones is 1. The highest BCUT2D eigenvalue weighted by Crippen LogP contribution is 2.24. The summed E-state index contributed by atoms with van der Waals surface area (Å²) in [6.45, 7) is 4.00. The van der Waals surface area contributed by atoms with Crippen LogP contribution in [0.5, 0.6) is 0 Å². The van der Waals surface area contributed by atoms with Crippen molar-refractivity contribution in [3.05, 3.63) is 51.4 Å². The van der Waals surface area contributed by atoms with Crippen LogP contribution >= 0.6 is 23.1 Å². The largest absolute Gasteiger partial charge is 0.293 e. The molecule has 0 spiro atoms. The van der Waals surface area contributed by atoms with Gasteiger partial charge in [0.1, 0.15) is 6.20 Å². The third-order valence-electron chi connectivity index (χ3n) is 3.22. The minimum atomic E-state index is -0.325. The van der Waals surface area contributed by atoms with Crippen molar-refractivity contribution >= 4 is 33.8 Å². The molecular weight excluding hydrogens is 320 g/mol. The molecule has 0 aliphatic heterocycles. The van der Waals surface area contributed by atoms with Crippen molar-refractivity contribution in [3.8, 4) is 0 Å². The Morgan fingerprint density at radius 3 is 2.86 bits per heavy atom. The summed E-state index contributed by atoms with van der Waals surface area (Å²) in [7, 11) is 0. The van der Waals surface area contributed by atoms with Gasteiger partial charge in [-0.15, -0.1) is 10.2 Å². The van der Waals surface area contributed by atoms with Gasteiger partial charge in [-0.3, -0.25) is 9.59 Å². The maximum atomic E-state index is 12.2. The molecular formula is C14H12N4O2S2. The molecule has 0 saturated heterocycles. The molecule has 112 valence electrons. The van der Waals surface area contributed by atoms with Gasteiger partial charge in [-0.25, -0.2) is 0 Å². The first-order chi connectivity index (χ1) is 10.5. The van der Waals surface area contributed by atoms with Crippen molar-refractivity contribution in [2.24, 2.45) is 0 Å². The van der Waals surface area contributed by atoms with Crippen molar-refractivity contribution in [2.45, 2.75) is 18.2 Å². The van der Waals surface area contributed by atoms with E-state index in [-0.39, 0.29) is 17.1 Å². The quantitative estimate of drug-likeness (QED) is 0.538. The van der Waals surface area contributed by atoms with Gasteiger partial charge >= 0.3 is 0 Å². The number of hydrogen-bond acceptors (Lipinski definition) is 7. The molecule has 2 aromatic heterocycles. The number of benzene rings is 1. The van der Waals surface area contributed by atoms with E-state index in [1.807, 2.05) is 32.0 Å². The Morgan fingerprint density at radius 2 is 2.14 bits per heavy atom. The van der Waals surface area contributed by atoms with Crippen LogP contribution in [0, 0.1) is 13.8 Å². The van der Waals surface area contributed by atoms with E-state index in [9.17, 15) is 9.59 Å². The number of rotatable bonds is 4. The van der Waals surface area contributed by atoms with Crippen LogP contribution in [0.2, 0.25) is 0 Å². The molecule has 0 N–H and O–H groups in total. The van der Waals surface area contributed by atoms with Gasteiger partial charge in [0.2, 0.25) is 4.96 Å². The first kappa shape index (κ1) is 14.9. The SMILES string of the molecule is Cc1ccc(C(=O)CSc2nn3c(=O)cnnc3s2)cc1C. The Morgan fingerprint density at radius 1 is 1.32 bits per heavy atom. The normalized spacial score (nSPS) is 11.0. The molecule has 0 atom stereocenters. The van der Waals surface area contributed by atoms with Gasteiger partial charge < -0.3 is 0 Å². The predicted molar refractivity (Wildman–Crippen MR) is 85.9 cm³/mol. The Balaban J connectivity index is 1.75. The maximum Gasteiger partial charge on any atom is 0.293 e. The summed E-state index contributed by atoms with van der Waals surface area (Å²) in [5.41, 5.74) is 2.62. The van der Waals surface area contributed by atoms with Crippen LogP contribution in [-0.2, 0) is 0 Å². The number of thioether (sulfide) groups is 1. The molecule has 0 aliphatic rings. The zero-order valence-electron chi connectivity index (χ0n) is 11.9. The second kappa shape index (κ2) is 5.98. The Labute approximate surface area is 134 Å². The highest BCUT2D eigenvalue weighted by Gasteiger charge is 2.12. The molecule has 0 unspecified atom stereocenters. The standard InChI is InChI=1S/C14H12N4O2S2/c1-8-3-4-10(5-9(8)2)11(19)7-21-14-17-18-12(20)6-15-16-13(18)22-14/h3-6H,7H2,1-2H3. The second-order valence-electron chi connectivity index (χ2n) is 4.76. The van der Waals surface area contributed by atoms with Crippen LogP contribution in [0.25, 0.3) is 4.96 Å². The van der Waals surface area contributed by atoms with E-state index in [4.69, 9.17) is 0 Å². The lowest BCUT2D eigenvalue weighted by Crippen LogP contribution is -2.14. The van der Waals surface area contributed by atoms with Crippen molar-refractivity contribution in [2.75, 3.05) is 5.75 Å². The van der Waals surface area contributed by atoms with Gasteiger partial charge in [-0.1, -0.05) is 35.2 Å². The predicted octanol–water partition coefficient (Wildman–Crippen LogP) is 2.14. The van der Waals surface area contributed by atoms with Crippen LogP contribution in [0.4, 0.5) is 0 Å². The Kier molecular flexibility index (Phi) is 4.04. The zero-order chi connectivity index (χ0) is 15.7. The van der Waals surface area contributed by atoms with Crippen LogP contribution in [0.1, 0.15) is 21.5 Å². The summed E-state index contributed by atoms with van der Waals surface area (Å²) >= 11 is 2.54. The average Bonchev–Trinajstić information content (AvgIpc) is 2.92. The first-order valence-electron chi connectivity index (χ1n) is 6.49. The topological polar surface area (TPSA) is 77.2 Å². The lowest BCUT2D eigenvalue weighted by molar-refractivity contribution is 0.102. The fourth-order valence-corrected chi connectivity index (χ4v) is 3.62. The highest BCUT2D eigenvalue weighted by atomic mass is 32.2. The number of aromatic nitrogens is 4. The molecule has 0 saturated carbocycles. The van der Waals surface area contributed by atoms with E-state index in [2.05, 4.69) is 15.3 Å². The van der Waals surface area contributed by atoms with Crippen LogP contribution in [-0.4, -0.2) is 31.3 Å². The molecule has 0 radical (unpaired) electrons. The number of carbonyl (C=O) groups excluding carboxylic acids is 1. The van der Waals surface area contributed by atoms with E-state index in [0.29, 0.717) is 14.9 Å². The Hall–Kier alpha value is -2.06. The van der Waals surface area contributed by atoms with Crippen molar-refractivity contribution < 1.29 is 4.79 Å². The van der Waals surface area contributed by atoms with Gasteiger partial charge in [0.05, 0.1) is 5.75 Å². The van der Waals surface area contributed by atoms with Crippen molar-refractivity contribution in [3.63, 3.8) is 0 Å². The number of nitrogens with zero attached hydrogens (tertiary/aromatic N) is 4. The fourth-order valence-electron chi connectivity index (χ4n) is 1.84. The zero-order valence-corrected chi connectivity index (χ0v) is 13.6. The molecule has 3 rings (SSSR count). The van der Waals surface area contributed by atoms with Crippen molar-refractivity contribution in [1.29, 1.82) is 0 Å². The average molecular weight is 332 g/mol. The molecule has 0 fully saturated rings. The summed E-state index contributed by atoms with van der Waals surface area (Å²) in [4.78, 5) is 24.2. The molecule has 0 amide bonds. The summed E-state index contributed by atoms with van der Waals surface area (Å²) in [5, 5.41) is 11.6. The maximum absolute atomic E-state index is 12.2. The lowest BCUT2D eigenvalue weighted by Gasteiger charge is -2.03. The number of fused-ring (bicyclic) bond motifs is 1.